The van der Waals surface area contributed by atoms with Crippen molar-refractivity contribution in [3.63, 3.8) is 0 Å². The summed E-state index contributed by atoms with van der Waals surface area (Å²) in [6, 6.07) is 10.0. The summed E-state index contributed by atoms with van der Waals surface area (Å²) in [4.78, 5) is 19.4. The maximum atomic E-state index is 12.8. The third-order valence-corrected chi connectivity index (χ3v) is 4.90. The lowest BCUT2D eigenvalue weighted by atomic mass is 9.91. The maximum absolute atomic E-state index is 12.8. The van der Waals surface area contributed by atoms with Gasteiger partial charge in [-0.3, -0.25) is 4.79 Å². The molecule has 2 aromatic rings. The van der Waals surface area contributed by atoms with E-state index in [9.17, 15) is 4.79 Å². The van der Waals surface area contributed by atoms with Crippen molar-refractivity contribution in [1.29, 1.82) is 0 Å². The Kier molecular flexibility index (Phi) is 5.20. The van der Waals surface area contributed by atoms with Crippen molar-refractivity contribution in [3.8, 4) is 0 Å². The first-order valence-electron chi connectivity index (χ1n) is 8.66. The molecule has 25 heavy (non-hydrogen) atoms. The van der Waals surface area contributed by atoms with Gasteiger partial charge >= 0.3 is 0 Å². The lowest BCUT2D eigenvalue weighted by molar-refractivity contribution is -0.146. The standard InChI is InChI=1S/C19H26N4O2/c1-23(2)17-12-14(15-6-4-5-7-16(15)22-17)13-21-18(24)19(25-3)8-10-20-11-9-19/h4-7,12,20H,8-11,13H2,1-3H3,(H,21,24). The fraction of sp³-hybridized carbons (Fsp3) is 0.474. The van der Waals surface area contributed by atoms with Crippen LogP contribution in [0.3, 0.4) is 0 Å². The van der Waals surface area contributed by atoms with Gasteiger partial charge in [0, 0.05) is 33.1 Å². The Morgan fingerprint density at radius 2 is 2.04 bits per heavy atom. The number of amides is 1. The molecule has 1 aromatic carbocycles. The number of fused-ring (bicyclic) bond motifs is 1. The summed E-state index contributed by atoms with van der Waals surface area (Å²) in [6.07, 6.45) is 1.38. The van der Waals surface area contributed by atoms with Crippen LogP contribution in [0, 0.1) is 0 Å². The number of aromatic nitrogens is 1. The molecule has 6 nitrogen and oxygen atoms in total. The van der Waals surface area contributed by atoms with E-state index in [4.69, 9.17) is 4.74 Å². The number of hydrogen-bond acceptors (Lipinski definition) is 5. The largest absolute Gasteiger partial charge is 0.368 e. The number of anilines is 1. The summed E-state index contributed by atoms with van der Waals surface area (Å²) in [5.74, 6) is 0.843. The second-order valence-corrected chi connectivity index (χ2v) is 6.68. The molecule has 0 atom stereocenters. The van der Waals surface area contributed by atoms with Crippen LogP contribution < -0.4 is 15.5 Å². The van der Waals surface area contributed by atoms with Gasteiger partial charge in [0.05, 0.1) is 5.52 Å². The zero-order valence-electron chi connectivity index (χ0n) is 15.1. The van der Waals surface area contributed by atoms with E-state index in [0.29, 0.717) is 19.4 Å². The number of benzene rings is 1. The molecular formula is C19H26N4O2. The average molecular weight is 342 g/mol. The number of piperidine rings is 1. The number of nitrogens with one attached hydrogen (secondary N) is 2. The fourth-order valence-corrected chi connectivity index (χ4v) is 3.30. The Morgan fingerprint density at radius 3 is 2.72 bits per heavy atom. The predicted molar refractivity (Wildman–Crippen MR) is 99.8 cm³/mol. The number of nitrogens with zero attached hydrogens (tertiary/aromatic N) is 2. The van der Waals surface area contributed by atoms with Crippen molar-refractivity contribution in [2.24, 2.45) is 0 Å². The van der Waals surface area contributed by atoms with Crippen molar-refractivity contribution in [3.05, 3.63) is 35.9 Å². The molecule has 1 aliphatic rings. The molecule has 0 bridgehead atoms. The van der Waals surface area contributed by atoms with Gasteiger partial charge in [-0.1, -0.05) is 18.2 Å². The number of methoxy groups -OCH3 is 1. The zero-order valence-corrected chi connectivity index (χ0v) is 15.1. The van der Waals surface area contributed by atoms with E-state index in [2.05, 4.69) is 15.6 Å². The van der Waals surface area contributed by atoms with E-state index in [-0.39, 0.29) is 5.91 Å². The first-order valence-corrected chi connectivity index (χ1v) is 8.66. The van der Waals surface area contributed by atoms with Crippen molar-refractivity contribution in [2.75, 3.05) is 39.2 Å². The third-order valence-electron chi connectivity index (χ3n) is 4.90. The second kappa shape index (κ2) is 7.37. The van der Waals surface area contributed by atoms with Gasteiger partial charge in [-0.05, 0) is 43.6 Å². The van der Waals surface area contributed by atoms with Gasteiger partial charge in [-0.15, -0.1) is 0 Å². The quantitative estimate of drug-likeness (QED) is 0.865. The summed E-state index contributed by atoms with van der Waals surface area (Å²) in [7, 11) is 5.56. The van der Waals surface area contributed by atoms with Crippen LogP contribution >= 0.6 is 0 Å². The number of hydrogen-bond donors (Lipinski definition) is 2. The summed E-state index contributed by atoms with van der Waals surface area (Å²) in [6.45, 7) is 2.05. The first kappa shape index (κ1) is 17.6. The number of ether oxygens (including phenoxy) is 1. The van der Waals surface area contributed by atoms with Crippen molar-refractivity contribution in [2.45, 2.75) is 25.0 Å². The normalized spacial score (nSPS) is 16.6. The molecule has 0 unspecified atom stereocenters. The maximum Gasteiger partial charge on any atom is 0.252 e. The van der Waals surface area contributed by atoms with Crippen LogP contribution in [0.1, 0.15) is 18.4 Å². The molecule has 0 saturated carbocycles. The van der Waals surface area contributed by atoms with E-state index in [1.165, 1.54) is 0 Å². The molecule has 3 rings (SSSR count). The van der Waals surface area contributed by atoms with Crippen LogP contribution in [0.4, 0.5) is 5.82 Å². The molecule has 1 saturated heterocycles. The Balaban J connectivity index is 1.83. The van der Waals surface area contributed by atoms with E-state index in [1.54, 1.807) is 7.11 Å². The Hall–Kier alpha value is -2.18. The molecule has 1 fully saturated rings. The van der Waals surface area contributed by atoms with Gasteiger partial charge in [-0.25, -0.2) is 4.98 Å². The Bertz CT molecular complexity index is 754. The number of para-hydroxylation sites is 1. The minimum Gasteiger partial charge on any atom is -0.368 e. The highest BCUT2D eigenvalue weighted by atomic mass is 16.5. The SMILES string of the molecule is COC1(C(=O)NCc2cc(N(C)C)nc3ccccc23)CCNCC1. The second-order valence-electron chi connectivity index (χ2n) is 6.68. The molecule has 0 radical (unpaired) electrons. The minimum absolute atomic E-state index is 0.0382. The number of pyridine rings is 1. The molecule has 134 valence electrons. The summed E-state index contributed by atoms with van der Waals surface area (Å²) in [5, 5.41) is 7.41. The van der Waals surface area contributed by atoms with E-state index >= 15 is 0 Å². The number of carbonyl (C=O) groups excluding carboxylic acids is 1. The van der Waals surface area contributed by atoms with Crippen LogP contribution in [-0.4, -0.2) is 50.8 Å². The fourth-order valence-electron chi connectivity index (χ4n) is 3.30. The molecule has 1 aliphatic heterocycles. The van der Waals surface area contributed by atoms with Crippen LogP contribution in [-0.2, 0) is 16.1 Å². The lowest BCUT2D eigenvalue weighted by Crippen LogP contribution is -2.53. The molecule has 0 aliphatic carbocycles. The number of carbonyl (C=O) groups is 1. The topological polar surface area (TPSA) is 66.5 Å². The van der Waals surface area contributed by atoms with Crippen LogP contribution in [0.15, 0.2) is 30.3 Å². The highest BCUT2D eigenvalue weighted by molar-refractivity contribution is 5.87. The zero-order chi connectivity index (χ0) is 17.9. The monoisotopic (exact) mass is 342 g/mol. The summed E-state index contributed by atoms with van der Waals surface area (Å²) >= 11 is 0. The van der Waals surface area contributed by atoms with Gasteiger partial charge in [0.25, 0.3) is 5.91 Å². The molecule has 6 heteroatoms. The van der Waals surface area contributed by atoms with E-state index in [1.807, 2.05) is 49.3 Å². The van der Waals surface area contributed by atoms with E-state index < -0.39 is 5.60 Å². The smallest absolute Gasteiger partial charge is 0.252 e. The van der Waals surface area contributed by atoms with Gasteiger partial charge in [0.2, 0.25) is 0 Å². The summed E-state index contributed by atoms with van der Waals surface area (Å²) in [5.41, 5.74) is 1.27. The highest BCUT2D eigenvalue weighted by Crippen LogP contribution is 2.25. The lowest BCUT2D eigenvalue weighted by Gasteiger charge is -2.34. The third kappa shape index (κ3) is 3.60. The van der Waals surface area contributed by atoms with Crippen molar-refractivity contribution < 1.29 is 9.53 Å². The van der Waals surface area contributed by atoms with Gasteiger partial charge in [0.15, 0.2) is 0 Å². The molecular weight excluding hydrogens is 316 g/mol. The minimum atomic E-state index is -0.724. The Morgan fingerprint density at radius 1 is 1.32 bits per heavy atom. The van der Waals surface area contributed by atoms with Crippen molar-refractivity contribution in [1.82, 2.24) is 15.6 Å². The van der Waals surface area contributed by atoms with Crippen LogP contribution in [0.5, 0.6) is 0 Å². The number of rotatable bonds is 5. The average Bonchev–Trinajstić information content (AvgIpc) is 2.66. The molecule has 2 N–H and O–H groups in total. The van der Waals surface area contributed by atoms with Crippen LogP contribution in [0.25, 0.3) is 10.9 Å². The van der Waals surface area contributed by atoms with Crippen LogP contribution in [0.2, 0.25) is 0 Å². The molecule has 1 amide bonds. The molecule has 0 spiro atoms. The van der Waals surface area contributed by atoms with Gasteiger partial charge < -0.3 is 20.3 Å². The van der Waals surface area contributed by atoms with Gasteiger partial charge in [0.1, 0.15) is 11.4 Å². The Labute approximate surface area is 148 Å². The van der Waals surface area contributed by atoms with Crippen molar-refractivity contribution >= 4 is 22.6 Å². The molecule has 2 heterocycles. The first-order chi connectivity index (χ1) is 12.1. The summed E-state index contributed by atoms with van der Waals surface area (Å²) < 4.78 is 5.61. The predicted octanol–water partition coefficient (Wildman–Crippen LogP) is 1.69. The van der Waals surface area contributed by atoms with E-state index in [0.717, 1.165) is 35.4 Å². The molecule has 1 aromatic heterocycles. The highest BCUT2D eigenvalue weighted by Gasteiger charge is 2.39. The van der Waals surface area contributed by atoms with Gasteiger partial charge in [-0.2, -0.15) is 0 Å².